The molecule has 2 aromatic rings. The minimum Gasteiger partial charge on any atom is -0.462 e. The van der Waals surface area contributed by atoms with Gasteiger partial charge in [-0.1, -0.05) is 62.4 Å². The Labute approximate surface area is 162 Å². The number of esters is 1. The van der Waals surface area contributed by atoms with Crippen molar-refractivity contribution in [3.63, 3.8) is 0 Å². The molecule has 2 rings (SSSR count). The summed E-state index contributed by atoms with van der Waals surface area (Å²) in [7, 11) is 0. The second kappa shape index (κ2) is 10.7. The van der Waals surface area contributed by atoms with E-state index >= 15 is 0 Å². The van der Waals surface area contributed by atoms with E-state index in [0.29, 0.717) is 18.6 Å². The van der Waals surface area contributed by atoms with Gasteiger partial charge in [-0.2, -0.15) is 0 Å². The molecular weight excluding hydrogens is 336 g/mol. The zero-order valence-electron chi connectivity index (χ0n) is 16.5. The van der Waals surface area contributed by atoms with E-state index in [0.717, 1.165) is 31.2 Å². The van der Waals surface area contributed by atoms with Crippen LogP contribution in [-0.4, -0.2) is 24.3 Å². The second-order valence-corrected chi connectivity index (χ2v) is 6.93. The molecule has 0 atom stereocenters. The lowest BCUT2D eigenvalue weighted by molar-refractivity contribution is -0.139. The van der Waals surface area contributed by atoms with Crippen LogP contribution in [0.2, 0.25) is 0 Å². The average molecular weight is 367 g/mol. The van der Waals surface area contributed by atoms with Gasteiger partial charge in [0.15, 0.2) is 0 Å². The molecule has 0 aliphatic carbocycles. The van der Waals surface area contributed by atoms with Gasteiger partial charge in [-0.3, -0.25) is 0 Å². The van der Waals surface area contributed by atoms with Crippen LogP contribution in [0, 0.1) is 0 Å². The minimum absolute atomic E-state index is 0.140. The van der Waals surface area contributed by atoms with Gasteiger partial charge in [0, 0.05) is 12.2 Å². The van der Waals surface area contributed by atoms with Gasteiger partial charge in [-0.15, -0.1) is 0 Å². The summed E-state index contributed by atoms with van der Waals surface area (Å²) in [5, 5.41) is 9.24. The molecule has 1 N–H and O–H groups in total. The molecule has 0 amide bonds. The SMILES string of the molecule is C=C(C)C(=O)OCCCc1cc(CCO)ccc1-c1ccc(CCC)cc1. The molecule has 0 saturated carbocycles. The van der Waals surface area contributed by atoms with E-state index in [1.807, 2.05) is 0 Å². The van der Waals surface area contributed by atoms with Crippen molar-refractivity contribution in [3.05, 3.63) is 71.3 Å². The van der Waals surface area contributed by atoms with Crippen molar-refractivity contribution in [2.24, 2.45) is 0 Å². The summed E-state index contributed by atoms with van der Waals surface area (Å²) in [4.78, 5) is 11.5. The molecule has 0 fully saturated rings. The molecule has 0 spiro atoms. The topological polar surface area (TPSA) is 46.5 Å². The number of aliphatic hydroxyl groups is 1. The van der Waals surface area contributed by atoms with Gasteiger partial charge in [0.1, 0.15) is 0 Å². The Balaban J connectivity index is 2.15. The number of benzene rings is 2. The summed E-state index contributed by atoms with van der Waals surface area (Å²) in [6.07, 6.45) is 4.45. The monoisotopic (exact) mass is 366 g/mol. The first-order chi connectivity index (χ1) is 13.0. The van der Waals surface area contributed by atoms with Gasteiger partial charge in [-0.05, 0) is 60.4 Å². The standard InChI is InChI=1S/C24H30O3/c1-4-6-19-8-11-21(12-9-19)23-13-10-20(14-15-25)17-22(23)7-5-16-27-24(26)18(2)3/h8-13,17,25H,2,4-7,14-16H2,1,3H3. The summed E-state index contributed by atoms with van der Waals surface area (Å²) in [5.74, 6) is -0.337. The Hall–Kier alpha value is -2.39. The van der Waals surface area contributed by atoms with Crippen LogP contribution in [-0.2, 0) is 28.8 Å². The average Bonchev–Trinajstić information content (AvgIpc) is 2.66. The Morgan fingerprint density at radius 3 is 2.37 bits per heavy atom. The first-order valence-corrected chi connectivity index (χ1v) is 9.69. The van der Waals surface area contributed by atoms with E-state index < -0.39 is 0 Å². The van der Waals surface area contributed by atoms with Crippen LogP contribution in [0.15, 0.2) is 54.6 Å². The van der Waals surface area contributed by atoms with Crippen LogP contribution in [0.4, 0.5) is 0 Å². The zero-order chi connectivity index (χ0) is 19.6. The van der Waals surface area contributed by atoms with E-state index in [1.54, 1.807) is 6.92 Å². The highest BCUT2D eigenvalue weighted by Gasteiger charge is 2.09. The van der Waals surface area contributed by atoms with Crippen LogP contribution in [0.5, 0.6) is 0 Å². The van der Waals surface area contributed by atoms with Crippen LogP contribution in [0.1, 0.15) is 43.4 Å². The van der Waals surface area contributed by atoms with E-state index in [9.17, 15) is 9.90 Å². The van der Waals surface area contributed by atoms with Crippen molar-refractivity contribution in [2.45, 2.75) is 46.0 Å². The normalized spacial score (nSPS) is 10.6. The summed E-state index contributed by atoms with van der Waals surface area (Å²) >= 11 is 0. The molecule has 2 aromatic carbocycles. The zero-order valence-corrected chi connectivity index (χ0v) is 16.5. The molecule has 0 radical (unpaired) electrons. The number of ether oxygens (including phenoxy) is 1. The lowest BCUT2D eigenvalue weighted by Gasteiger charge is -2.13. The Morgan fingerprint density at radius 2 is 1.74 bits per heavy atom. The summed E-state index contributed by atoms with van der Waals surface area (Å²) in [6.45, 7) is 7.96. The Bertz CT molecular complexity index is 760. The highest BCUT2D eigenvalue weighted by Crippen LogP contribution is 2.27. The maximum Gasteiger partial charge on any atom is 0.333 e. The van der Waals surface area contributed by atoms with Crippen LogP contribution < -0.4 is 0 Å². The molecule has 27 heavy (non-hydrogen) atoms. The number of aliphatic hydroxyl groups excluding tert-OH is 1. The van der Waals surface area contributed by atoms with E-state index in [-0.39, 0.29) is 12.6 Å². The molecule has 0 saturated heterocycles. The molecule has 3 nitrogen and oxygen atoms in total. The highest BCUT2D eigenvalue weighted by molar-refractivity contribution is 5.86. The van der Waals surface area contributed by atoms with Gasteiger partial charge < -0.3 is 9.84 Å². The van der Waals surface area contributed by atoms with Crippen molar-refractivity contribution >= 4 is 5.97 Å². The molecule has 0 aromatic heterocycles. The fourth-order valence-corrected chi connectivity index (χ4v) is 3.11. The van der Waals surface area contributed by atoms with Crippen LogP contribution in [0.25, 0.3) is 11.1 Å². The first-order valence-electron chi connectivity index (χ1n) is 9.69. The number of aryl methyl sites for hydroxylation is 2. The van der Waals surface area contributed by atoms with Gasteiger partial charge >= 0.3 is 5.97 Å². The molecule has 0 unspecified atom stereocenters. The van der Waals surface area contributed by atoms with Crippen molar-refractivity contribution in [3.8, 4) is 11.1 Å². The maximum atomic E-state index is 11.5. The van der Waals surface area contributed by atoms with E-state index in [2.05, 4.69) is 56.0 Å². The van der Waals surface area contributed by atoms with E-state index in [4.69, 9.17) is 4.74 Å². The number of rotatable bonds is 10. The van der Waals surface area contributed by atoms with Gasteiger partial charge in [0.25, 0.3) is 0 Å². The quantitative estimate of drug-likeness (QED) is 0.370. The first kappa shape index (κ1) is 20.9. The van der Waals surface area contributed by atoms with Crippen molar-refractivity contribution in [1.82, 2.24) is 0 Å². The van der Waals surface area contributed by atoms with Crippen molar-refractivity contribution < 1.29 is 14.6 Å². The molecule has 3 heteroatoms. The fourth-order valence-electron chi connectivity index (χ4n) is 3.11. The molecule has 0 heterocycles. The maximum absolute atomic E-state index is 11.5. The van der Waals surface area contributed by atoms with Crippen molar-refractivity contribution in [1.29, 1.82) is 0 Å². The fraction of sp³-hybridized carbons (Fsp3) is 0.375. The number of carbonyl (C=O) groups is 1. The number of carbonyl (C=O) groups excluding carboxylic acids is 1. The summed E-state index contributed by atoms with van der Waals surface area (Å²) in [5.41, 5.74) is 6.51. The van der Waals surface area contributed by atoms with Gasteiger partial charge in [-0.25, -0.2) is 4.79 Å². The Morgan fingerprint density at radius 1 is 1.04 bits per heavy atom. The molecule has 144 valence electrons. The van der Waals surface area contributed by atoms with Crippen molar-refractivity contribution in [2.75, 3.05) is 13.2 Å². The van der Waals surface area contributed by atoms with Gasteiger partial charge in [0.2, 0.25) is 0 Å². The highest BCUT2D eigenvalue weighted by atomic mass is 16.5. The third kappa shape index (κ3) is 6.37. The van der Waals surface area contributed by atoms with E-state index in [1.165, 1.54) is 22.3 Å². The smallest absolute Gasteiger partial charge is 0.333 e. The third-order valence-corrected chi connectivity index (χ3v) is 4.55. The minimum atomic E-state index is -0.337. The summed E-state index contributed by atoms with van der Waals surface area (Å²) in [6, 6.07) is 15.1. The van der Waals surface area contributed by atoms with Crippen LogP contribution in [0.3, 0.4) is 0 Å². The number of hydrogen-bond acceptors (Lipinski definition) is 3. The third-order valence-electron chi connectivity index (χ3n) is 4.55. The summed E-state index contributed by atoms with van der Waals surface area (Å²) < 4.78 is 5.21. The molecule has 0 aliphatic rings. The largest absolute Gasteiger partial charge is 0.462 e. The van der Waals surface area contributed by atoms with Gasteiger partial charge in [0.05, 0.1) is 6.61 Å². The predicted octanol–water partition coefficient (Wildman–Crippen LogP) is 4.89. The Kier molecular flexibility index (Phi) is 8.28. The number of hydrogen-bond donors (Lipinski definition) is 1. The molecular formula is C24H30O3. The second-order valence-electron chi connectivity index (χ2n) is 6.93. The molecule has 0 bridgehead atoms. The lowest BCUT2D eigenvalue weighted by atomic mass is 9.93. The predicted molar refractivity (Wildman–Crippen MR) is 111 cm³/mol. The molecule has 0 aliphatic heterocycles. The lowest BCUT2D eigenvalue weighted by Crippen LogP contribution is -2.07. The van der Waals surface area contributed by atoms with Crippen LogP contribution >= 0.6 is 0 Å².